The molecule has 1 fully saturated rings. The molecule has 1 saturated heterocycles. The molecular formula is C22H27NO5. The van der Waals surface area contributed by atoms with Crippen LogP contribution in [0.2, 0.25) is 0 Å². The number of ether oxygens (including phenoxy) is 4. The number of rotatable bonds is 4. The van der Waals surface area contributed by atoms with E-state index in [-0.39, 0.29) is 17.6 Å². The molecular weight excluding hydrogens is 360 g/mol. The zero-order valence-electron chi connectivity index (χ0n) is 18.0. The minimum Gasteiger partial charge on any atom is -0.493 e. The number of aryl methyl sites for hydroxylation is 1. The van der Waals surface area contributed by atoms with Gasteiger partial charge in [0.1, 0.15) is 0 Å². The zero-order chi connectivity index (χ0) is 20.9. The highest BCUT2D eigenvalue weighted by Gasteiger charge is 2.51. The highest BCUT2D eigenvalue weighted by molar-refractivity contribution is 6.05. The molecule has 1 heterocycles. The van der Waals surface area contributed by atoms with Gasteiger partial charge in [0.25, 0.3) is 0 Å². The van der Waals surface area contributed by atoms with Crippen LogP contribution in [0.15, 0.2) is 29.6 Å². The molecule has 28 heavy (non-hydrogen) atoms. The third-order valence-electron chi connectivity index (χ3n) is 6.19. The fraction of sp³-hybridized carbons (Fsp3) is 0.500. The van der Waals surface area contributed by atoms with E-state index in [4.69, 9.17) is 20.3 Å². The van der Waals surface area contributed by atoms with Gasteiger partial charge < -0.3 is 18.9 Å². The van der Waals surface area contributed by atoms with Gasteiger partial charge in [0.05, 0.1) is 28.4 Å². The van der Waals surface area contributed by atoms with Crippen molar-refractivity contribution in [3.05, 3.63) is 40.7 Å². The summed E-state index contributed by atoms with van der Waals surface area (Å²) in [6.07, 6.45) is 4.58. The van der Waals surface area contributed by atoms with Crippen LogP contribution >= 0.6 is 0 Å². The molecule has 4 rings (SSSR count). The summed E-state index contributed by atoms with van der Waals surface area (Å²) in [5.74, 6) is 1.75. The number of likely N-dealkylation sites (N-methyl/N-ethyl adjacent to an activating group) is 1. The van der Waals surface area contributed by atoms with Crippen molar-refractivity contribution in [1.82, 2.24) is 4.90 Å². The van der Waals surface area contributed by atoms with Gasteiger partial charge in [0, 0.05) is 18.4 Å². The molecule has 1 unspecified atom stereocenters. The van der Waals surface area contributed by atoms with Gasteiger partial charge in [-0.1, -0.05) is 0 Å². The van der Waals surface area contributed by atoms with Gasteiger partial charge >= 0.3 is 0 Å². The Balaban J connectivity index is 2.12. The second kappa shape index (κ2) is 6.85. The first-order chi connectivity index (χ1) is 13.9. The SMILES string of the molecule is [3H][C@H]1CN(C)[C@H]2[14CH2]Cc3cc(OC)c(OC)c(OC)c3C13C=C(OC)C(=O)C=C23. The summed E-state index contributed by atoms with van der Waals surface area (Å²) >= 11 is 0. The third kappa shape index (κ3) is 2.47. The summed E-state index contributed by atoms with van der Waals surface area (Å²) in [6, 6.07) is 2.04. The molecule has 3 aliphatic rings. The number of piperidine rings is 1. The number of ketones is 1. The van der Waals surface area contributed by atoms with Crippen LogP contribution in [0.3, 0.4) is 0 Å². The summed E-state index contributed by atoms with van der Waals surface area (Å²) < 4.78 is 31.6. The molecule has 0 radical (unpaired) electrons. The predicted molar refractivity (Wildman–Crippen MR) is 105 cm³/mol. The average molecular weight is 389 g/mol. The zero-order valence-corrected chi connectivity index (χ0v) is 17.0. The van der Waals surface area contributed by atoms with Crippen molar-refractivity contribution in [2.24, 2.45) is 0 Å². The van der Waals surface area contributed by atoms with Gasteiger partial charge in [-0.15, -0.1) is 0 Å². The predicted octanol–water partition coefficient (Wildman–Crippen LogP) is 2.64. The summed E-state index contributed by atoms with van der Waals surface area (Å²) in [6.45, 7) is 0.570. The second-order valence-corrected chi connectivity index (χ2v) is 7.42. The monoisotopic (exact) mass is 389 g/mol. The molecule has 150 valence electrons. The first kappa shape index (κ1) is 17.6. The van der Waals surface area contributed by atoms with Crippen LogP contribution in [-0.2, 0) is 21.4 Å². The van der Waals surface area contributed by atoms with E-state index in [1.54, 1.807) is 27.4 Å². The molecule has 0 N–H and O–H groups in total. The summed E-state index contributed by atoms with van der Waals surface area (Å²) in [5.41, 5.74) is 2.03. The van der Waals surface area contributed by atoms with Gasteiger partial charge in [0.2, 0.25) is 11.5 Å². The lowest BCUT2D eigenvalue weighted by Gasteiger charge is -2.47. The van der Waals surface area contributed by atoms with Crippen LogP contribution in [0.1, 0.15) is 25.3 Å². The molecule has 1 aliphatic heterocycles. The number of likely N-dealkylation sites (tertiary alicyclic amines) is 1. The summed E-state index contributed by atoms with van der Waals surface area (Å²) in [5, 5.41) is 0. The lowest BCUT2D eigenvalue weighted by molar-refractivity contribution is -0.114. The lowest BCUT2D eigenvalue weighted by Crippen LogP contribution is -2.49. The number of hydrogen-bond acceptors (Lipinski definition) is 6. The molecule has 6 nitrogen and oxygen atoms in total. The number of fused-ring (bicyclic) bond motifs is 1. The fourth-order valence-corrected chi connectivity index (χ4v) is 4.90. The Morgan fingerprint density at radius 1 is 1.18 bits per heavy atom. The van der Waals surface area contributed by atoms with Gasteiger partial charge in [-0.3, -0.25) is 9.69 Å². The Bertz CT molecular complexity index is 924. The normalized spacial score (nSPS) is 29.5. The van der Waals surface area contributed by atoms with Gasteiger partial charge in [-0.2, -0.15) is 0 Å². The third-order valence-corrected chi connectivity index (χ3v) is 6.19. The maximum absolute atomic E-state index is 12.7. The molecule has 1 aromatic carbocycles. The molecule has 2 bridgehead atoms. The van der Waals surface area contributed by atoms with E-state index in [2.05, 4.69) is 4.90 Å². The number of nitrogens with zero attached hydrogens (tertiary/aromatic N) is 1. The Kier molecular flexibility index (Phi) is 4.31. The average Bonchev–Trinajstić information content (AvgIpc) is 2.83. The van der Waals surface area contributed by atoms with E-state index in [1.807, 2.05) is 19.2 Å². The highest BCUT2D eigenvalue weighted by Crippen LogP contribution is 2.56. The van der Waals surface area contributed by atoms with Crippen molar-refractivity contribution >= 4 is 5.78 Å². The van der Waals surface area contributed by atoms with Crippen molar-refractivity contribution in [2.75, 3.05) is 42.0 Å². The number of methoxy groups -OCH3 is 4. The van der Waals surface area contributed by atoms with E-state index in [9.17, 15) is 4.79 Å². The number of benzene rings is 1. The molecule has 0 aromatic heterocycles. The van der Waals surface area contributed by atoms with Crippen LogP contribution in [0.25, 0.3) is 0 Å². The van der Waals surface area contributed by atoms with Crippen molar-refractivity contribution in [3.8, 4) is 17.2 Å². The Labute approximate surface area is 167 Å². The van der Waals surface area contributed by atoms with Gasteiger partial charge in [0.15, 0.2) is 17.3 Å². The number of hydrogen-bond donors (Lipinski definition) is 0. The number of carbonyl (C=O) groups excluding carboxylic acids is 1. The minimum atomic E-state index is -0.826. The lowest BCUT2D eigenvalue weighted by atomic mass is 9.64. The molecule has 0 saturated carbocycles. The largest absolute Gasteiger partial charge is 0.493 e. The molecule has 0 spiro atoms. The van der Waals surface area contributed by atoms with Crippen molar-refractivity contribution < 1.29 is 25.1 Å². The molecule has 2 aliphatic carbocycles. The van der Waals surface area contributed by atoms with Crippen molar-refractivity contribution in [1.29, 1.82) is 0 Å². The van der Waals surface area contributed by atoms with Gasteiger partial charge in [-0.05, 0) is 62.2 Å². The summed E-state index contributed by atoms with van der Waals surface area (Å²) in [7, 11) is 8.29. The van der Waals surface area contributed by atoms with E-state index in [0.29, 0.717) is 23.8 Å². The number of allylic oxidation sites excluding steroid dienone is 2. The molecule has 6 heteroatoms. The maximum Gasteiger partial charge on any atom is 0.220 e. The maximum atomic E-state index is 12.7. The Morgan fingerprint density at radius 2 is 1.93 bits per heavy atom. The van der Waals surface area contributed by atoms with E-state index < -0.39 is 11.8 Å². The standard InChI is InChI=1S/C22H27NO5/c1-23-9-8-22-12-18(26-3)16(24)11-14(22)15(23)7-6-13-10-17(25-2)20(27-4)21(28-5)19(13)22/h10-12,15H,6-9H2,1-5H3/t15-,22?/m0/s1/i7+2,8T/t8-,15-,22?. The van der Waals surface area contributed by atoms with Crippen molar-refractivity contribution in [2.45, 2.75) is 30.7 Å². The minimum absolute atomic E-state index is 0.0595. The topological polar surface area (TPSA) is 57.2 Å². The van der Waals surface area contributed by atoms with Crippen LogP contribution < -0.4 is 14.2 Å². The fourth-order valence-electron chi connectivity index (χ4n) is 4.90. The van der Waals surface area contributed by atoms with E-state index in [0.717, 1.165) is 29.5 Å². The highest BCUT2D eigenvalue weighted by atomic mass is 16.5. The van der Waals surface area contributed by atoms with Crippen molar-refractivity contribution in [3.63, 3.8) is 0 Å². The van der Waals surface area contributed by atoms with E-state index >= 15 is 0 Å². The molecule has 1 aromatic rings. The Morgan fingerprint density at radius 3 is 2.57 bits per heavy atom. The molecule has 0 amide bonds. The molecule has 3 atom stereocenters. The van der Waals surface area contributed by atoms with Crippen LogP contribution in [0, 0.1) is 0 Å². The Hall–Kier alpha value is -2.47. The van der Waals surface area contributed by atoms with Gasteiger partial charge in [-0.25, -0.2) is 0 Å². The quantitative estimate of drug-likeness (QED) is 0.789. The van der Waals surface area contributed by atoms with Crippen LogP contribution in [-0.4, -0.2) is 58.8 Å². The smallest absolute Gasteiger partial charge is 0.220 e. The van der Waals surface area contributed by atoms with E-state index in [1.165, 1.54) is 7.11 Å². The first-order valence-electron chi connectivity index (χ1n) is 9.98. The second-order valence-electron chi connectivity index (χ2n) is 7.42. The number of carbonyl (C=O) groups is 1. The van der Waals surface area contributed by atoms with Crippen LogP contribution in [0.5, 0.6) is 17.2 Å². The van der Waals surface area contributed by atoms with Crippen LogP contribution in [0.4, 0.5) is 0 Å². The first-order valence-corrected chi connectivity index (χ1v) is 9.40. The summed E-state index contributed by atoms with van der Waals surface area (Å²) in [4.78, 5) is 14.9.